The van der Waals surface area contributed by atoms with Crippen molar-refractivity contribution in [3.8, 4) is 5.75 Å². The third-order valence-corrected chi connectivity index (χ3v) is 3.03. The number of nitrogens with one attached hydrogen (secondary N) is 1. The number of aromatic hydroxyl groups is 1. The first kappa shape index (κ1) is 11.0. The number of anilines is 1. The maximum Gasteiger partial charge on any atom is 0.244 e. The topological polar surface area (TPSA) is 75.4 Å². The van der Waals surface area contributed by atoms with Crippen LogP contribution in [0.15, 0.2) is 12.1 Å². The van der Waals surface area contributed by atoms with E-state index in [4.69, 9.17) is 5.73 Å². The van der Waals surface area contributed by atoms with Crippen LogP contribution in [0.3, 0.4) is 0 Å². The number of amides is 1. The number of carbonyl (C=O) groups excluding carboxylic acids is 1. The minimum atomic E-state index is -0.668. The minimum Gasteiger partial charge on any atom is -0.508 e. The average molecular weight is 220 g/mol. The molecule has 4 nitrogen and oxygen atoms in total. The van der Waals surface area contributed by atoms with E-state index in [1.807, 2.05) is 6.92 Å². The zero-order valence-electron chi connectivity index (χ0n) is 9.50. The van der Waals surface area contributed by atoms with Gasteiger partial charge >= 0.3 is 0 Å². The highest BCUT2D eigenvalue weighted by Crippen LogP contribution is 2.34. The fourth-order valence-corrected chi connectivity index (χ4v) is 1.54. The Morgan fingerprint density at radius 3 is 2.56 bits per heavy atom. The molecule has 0 aromatic heterocycles. The van der Waals surface area contributed by atoms with E-state index in [0.717, 1.165) is 29.7 Å². The van der Waals surface area contributed by atoms with Crippen molar-refractivity contribution in [3.05, 3.63) is 23.3 Å². The maximum absolute atomic E-state index is 11.7. The highest BCUT2D eigenvalue weighted by atomic mass is 16.3. The molecule has 1 amide bonds. The lowest BCUT2D eigenvalue weighted by Crippen LogP contribution is -2.38. The molecule has 1 aromatic carbocycles. The van der Waals surface area contributed by atoms with Crippen LogP contribution in [0.1, 0.15) is 24.0 Å². The third-order valence-electron chi connectivity index (χ3n) is 3.03. The summed E-state index contributed by atoms with van der Waals surface area (Å²) in [6, 6.07) is 3.40. The zero-order chi connectivity index (χ0) is 11.9. The van der Waals surface area contributed by atoms with Crippen LogP contribution in [0.4, 0.5) is 5.69 Å². The fourth-order valence-electron chi connectivity index (χ4n) is 1.54. The molecule has 1 fully saturated rings. The average Bonchev–Trinajstić information content (AvgIpc) is 2.94. The van der Waals surface area contributed by atoms with Gasteiger partial charge in [0.25, 0.3) is 0 Å². The Morgan fingerprint density at radius 2 is 2.00 bits per heavy atom. The molecule has 16 heavy (non-hydrogen) atoms. The van der Waals surface area contributed by atoms with E-state index < -0.39 is 5.54 Å². The predicted molar refractivity (Wildman–Crippen MR) is 62.4 cm³/mol. The lowest BCUT2D eigenvalue weighted by atomic mass is 10.1. The summed E-state index contributed by atoms with van der Waals surface area (Å²) in [4.78, 5) is 11.7. The van der Waals surface area contributed by atoms with Crippen LogP contribution in [0.2, 0.25) is 0 Å². The Balaban J connectivity index is 2.21. The second-order valence-electron chi connectivity index (χ2n) is 4.56. The van der Waals surface area contributed by atoms with Crippen molar-refractivity contribution in [1.82, 2.24) is 0 Å². The van der Waals surface area contributed by atoms with Crippen LogP contribution in [0.25, 0.3) is 0 Å². The second kappa shape index (κ2) is 3.49. The summed E-state index contributed by atoms with van der Waals surface area (Å²) in [7, 11) is 0. The summed E-state index contributed by atoms with van der Waals surface area (Å²) in [5, 5.41) is 12.3. The second-order valence-corrected chi connectivity index (χ2v) is 4.56. The molecular weight excluding hydrogens is 204 g/mol. The summed E-state index contributed by atoms with van der Waals surface area (Å²) < 4.78 is 0. The van der Waals surface area contributed by atoms with Gasteiger partial charge in [-0.15, -0.1) is 0 Å². The predicted octanol–water partition coefficient (Wildman–Crippen LogP) is 1.44. The van der Waals surface area contributed by atoms with Crippen LogP contribution in [0.5, 0.6) is 5.75 Å². The van der Waals surface area contributed by atoms with E-state index in [1.54, 1.807) is 19.1 Å². The van der Waals surface area contributed by atoms with E-state index in [2.05, 4.69) is 5.32 Å². The van der Waals surface area contributed by atoms with Gasteiger partial charge in [-0.3, -0.25) is 4.79 Å². The monoisotopic (exact) mass is 220 g/mol. The van der Waals surface area contributed by atoms with Gasteiger partial charge in [0.15, 0.2) is 0 Å². The normalized spacial score (nSPS) is 16.9. The molecule has 0 saturated heterocycles. The number of rotatable bonds is 2. The number of phenols is 1. The number of hydrogen-bond acceptors (Lipinski definition) is 3. The first-order valence-corrected chi connectivity index (χ1v) is 5.33. The van der Waals surface area contributed by atoms with Gasteiger partial charge in [-0.2, -0.15) is 0 Å². The first-order valence-electron chi connectivity index (χ1n) is 5.33. The third kappa shape index (κ3) is 1.88. The van der Waals surface area contributed by atoms with Gasteiger partial charge < -0.3 is 16.2 Å². The summed E-state index contributed by atoms with van der Waals surface area (Å²) >= 11 is 0. The smallest absolute Gasteiger partial charge is 0.244 e. The van der Waals surface area contributed by atoms with Crippen LogP contribution in [0, 0.1) is 13.8 Å². The van der Waals surface area contributed by atoms with Gasteiger partial charge in [0, 0.05) is 5.69 Å². The van der Waals surface area contributed by atoms with Gasteiger partial charge in [0.1, 0.15) is 5.75 Å². The molecule has 0 heterocycles. The van der Waals surface area contributed by atoms with E-state index in [0.29, 0.717) is 0 Å². The van der Waals surface area contributed by atoms with Gasteiger partial charge in [0.2, 0.25) is 5.91 Å². The Labute approximate surface area is 94.5 Å². The van der Waals surface area contributed by atoms with Crippen molar-refractivity contribution in [2.75, 3.05) is 5.32 Å². The van der Waals surface area contributed by atoms with Crippen molar-refractivity contribution in [1.29, 1.82) is 0 Å². The van der Waals surface area contributed by atoms with Crippen molar-refractivity contribution < 1.29 is 9.90 Å². The maximum atomic E-state index is 11.7. The molecule has 86 valence electrons. The molecule has 0 unspecified atom stereocenters. The summed E-state index contributed by atoms with van der Waals surface area (Å²) in [6.07, 6.45) is 1.49. The quantitative estimate of drug-likeness (QED) is 0.660. The molecule has 4 heteroatoms. The number of aryl methyl sites for hydroxylation is 2. The largest absolute Gasteiger partial charge is 0.508 e. The molecular formula is C12H16N2O2. The van der Waals surface area contributed by atoms with Gasteiger partial charge in [-0.1, -0.05) is 0 Å². The van der Waals surface area contributed by atoms with Crippen LogP contribution in [-0.2, 0) is 4.79 Å². The molecule has 0 bridgehead atoms. The van der Waals surface area contributed by atoms with Crippen LogP contribution < -0.4 is 11.1 Å². The van der Waals surface area contributed by atoms with E-state index >= 15 is 0 Å². The van der Waals surface area contributed by atoms with Gasteiger partial charge in [-0.05, 0) is 49.9 Å². The Hall–Kier alpha value is -1.55. The number of benzene rings is 1. The minimum absolute atomic E-state index is 0.138. The van der Waals surface area contributed by atoms with Crippen molar-refractivity contribution in [3.63, 3.8) is 0 Å². The van der Waals surface area contributed by atoms with E-state index in [1.165, 1.54) is 0 Å². The molecule has 0 spiro atoms. The van der Waals surface area contributed by atoms with E-state index in [-0.39, 0.29) is 11.7 Å². The number of nitrogens with two attached hydrogens (primary N) is 1. The highest BCUT2D eigenvalue weighted by Gasteiger charge is 2.46. The number of carbonyl (C=O) groups is 1. The lowest BCUT2D eigenvalue weighted by molar-refractivity contribution is -0.118. The Morgan fingerprint density at radius 1 is 1.38 bits per heavy atom. The molecule has 0 radical (unpaired) electrons. The SMILES string of the molecule is Cc1cc(NC(=O)C2(N)CC2)c(C)cc1O. The summed E-state index contributed by atoms with van der Waals surface area (Å²) in [5.74, 6) is 0.102. The fraction of sp³-hybridized carbons (Fsp3) is 0.417. The van der Waals surface area contributed by atoms with Gasteiger partial charge in [0.05, 0.1) is 5.54 Å². The first-order chi connectivity index (χ1) is 7.42. The van der Waals surface area contributed by atoms with Crippen molar-refractivity contribution in [2.45, 2.75) is 32.2 Å². The standard InChI is InChI=1S/C12H16N2O2/c1-7-6-10(15)8(2)5-9(7)14-11(16)12(13)3-4-12/h5-6,15H,3-4,13H2,1-2H3,(H,14,16). The van der Waals surface area contributed by atoms with Crippen molar-refractivity contribution in [2.24, 2.45) is 5.73 Å². The summed E-state index contributed by atoms with van der Waals surface area (Å²) in [6.45, 7) is 3.63. The zero-order valence-corrected chi connectivity index (χ0v) is 9.50. The molecule has 0 atom stereocenters. The highest BCUT2D eigenvalue weighted by molar-refractivity contribution is 6.00. The Bertz CT molecular complexity index is 451. The molecule has 0 aliphatic heterocycles. The number of hydrogen-bond donors (Lipinski definition) is 3. The van der Waals surface area contributed by atoms with Crippen molar-refractivity contribution >= 4 is 11.6 Å². The Kier molecular flexibility index (Phi) is 2.39. The molecule has 1 saturated carbocycles. The van der Waals surface area contributed by atoms with Gasteiger partial charge in [-0.25, -0.2) is 0 Å². The summed E-state index contributed by atoms with van der Waals surface area (Å²) in [5.41, 5.74) is 7.42. The molecule has 2 rings (SSSR count). The lowest BCUT2D eigenvalue weighted by Gasteiger charge is -2.13. The molecule has 4 N–H and O–H groups in total. The molecule has 1 aromatic rings. The van der Waals surface area contributed by atoms with E-state index in [9.17, 15) is 9.90 Å². The molecule has 1 aliphatic carbocycles. The van der Waals surface area contributed by atoms with Crippen LogP contribution >= 0.6 is 0 Å². The molecule has 1 aliphatic rings. The van der Waals surface area contributed by atoms with Crippen LogP contribution in [-0.4, -0.2) is 16.6 Å². The number of phenolic OH excluding ortho intramolecular Hbond substituents is 1.